The van der Waals surface area contributed by atoms with Crippen LogP contribution in [0.4, 0.5) is 0 Å². The van der Waals surface area contributed by atoms with Crippen molar-refractivity contribution >= 4 is 5.97 Å². The number of rotatable bonds is 6. The largest absolute Gasteiger partial charge is 0.480 e. The van der Waals surface area contributed by atoms with Crippen molar-refractivity contribution in [3.05, 3.63) is 29.6 Å². The standard InChI is InChI=1S/C13H15N3O2/c14-6-12-11(2-1-5-15-12)8-16(9-13(17)18)7-10-3-4-10/h1-2,5,10H,3-4,7-9H2,(H,17,18). The van der Waals surface area contributed by atoms with E-state index in [9.17, 15) is 4.79 Å². The molecule has 1 heterocycles. The molecule has 0 radical (unpaired) electrons. The maximum absolute atomic E-state index is 10.8. The molecule has 0 bridgehead atoms. The highest BCUT2D eigenvalue weighted by Crippen LogP contribution is 2.30. The fraction of sp³-hybridized carbons (Fsp3) is 0.462. The lowest BCUT2D eigenvalue weighted by Crippen LogP contribution is -2.31. The molecule has 0 saturated heterocycles. The SMILES string of the molecule is N#Cc1ncccc1CN(CC(=O)O)CC1CC1. The molecule has 1 fully saturated rings. The highest BCUT2D eigenvalue weighted by molar-refractivity contribution is 5.69. The van der Waals surface area contributed by atoms with Gasteiger partial charge in [-0.3, -0.25) is 9.69 Å². The van der Waals surface area contributed by atoms with E-state index in [0.29, 0.717) is 18.2 Å². The third-order valence-corrected chi connectivity index (χ3v) is 2.96. The number of carbonyl (C=O) groups is 1. The van der Waals surface area contributed by atoms with Gasteiger partial charge in [-0.05, 0) is 24.8 Å². The fourth-order valence-electron chi connectivity index (χ4n) is 1.95. The molecule has 5 heteroatoms. The second-order valence-electron chi connectivity index (χ2n) is 4.63. The van der Waals surface area contributed by atoms with Gasteiger partial charge in [-0.1, -0.05) is 6.07 Å². The number of hydrogen-bond acceptors (Lipinski definition) is 4. The average molecular weight is 245 g/mol. The van der Waals surface area contributed by atoms with Gasteiger partial charge in [0.2, 0.25) is 0 Å². The van der Waals surface area contributed by atoms with E-state index in [4.69, 9.17) is 10.4 Å². The van der Waals surface area contributed by atoms with Crippen molar-refractivity contribution in [2.45, 2.75) is 19.4 Å². The zero-order chi connectivity index (χ0) is 13.0. The maximum Gasteiger partial charge on any atom is 0.317 e. The Morgan fingerprint density at radius 3 is 3.00 bits per heavy atom. The summed E-state index contributed by atoms with van der Waals surface area (Å²) in [6, 6.07) is 5.63. The van der Waals surface area contributed by atoms with E-state index in [-0.39, 0.29) is 6.54 Å². The van der Waals surface area contributed by atoms with Crippen molar-refractivity contribution in [3.8, 4) is 6.07 Å². The van der Waals surface area contributed by atoms with Crippen molar-refractivity contribution in [3.63, 3.8) is 0 Å². The van der Waals surface area contributed by atoms with Gasteiger partial charge in [0.05, 0.1) is 6.54 Å². The lowest BCUT2D eigenvalue weighted by molar-refractivity contribution is -0.138. The minimum absolute atomic E-state index is 0.0102. The molecule has 94 valence electrons. The molecule has 2 rings (SSSR count). The molecule has 5 nitrogen and oxygen atoms in total. The predicted molar refractivity (Wildman–Crippen MR) is 64.6 cm³/mol. The Labute approximate surface area is 106 Å². The van der Waals surface area contributed by atoms with Crippen molar-refractivity contribution in [1.82, 2.24) is 9.88 Å². The second kappa shape index (κ2) is 5.61. The number of aliphatic carboxylic acids is 1. The predicted octanol–water partition coefficient (Wildman–Crippen LogP) is 1.25. The zero-order valence-electron chi connectivity index (χ0n) is 10.0. The van der Waals surface area contributed by atoms with Gasteiger partial charge in [0, 0.05) is 24.8 Å². The van der Waals surface area contributed by atoms with Gasteiger partial charge >= 0.3 is 5.97 Å². The summed E-state index contributed by atoms with van der Waals surface area (Å²) in [4.78, 5) is 16.7. The Balaban J connectivity index is 2.06. The van der Waals surface area contributed by atoms with Gasteiger partial charge in [-0.2, -0.15) is 5.26 Å². The minimum Gasteiger partial charge on any atom is -0.480 e. The maximum atomic E-state index is 10.8. The molecule has 1 aliphatic carbocycles. The number of pyridine rings is 1. The summed E-state index contributed by atoms with van der Waals surface area (Å²) in [5, 5.41) is 17.9. The Morgan fingerprint density at radius 2 is 2.39 bits per heavy atom. The van der Waals surface area contributed by atoms with Crippen LogP contribution in [0.15, 0.2) is 18.3 Å². The van der Waals surface area contributed by atoms with Crippen LogP contribution in [0.5, 0.6) is 0 Å². The molecule has 0 amide bonds. The fourth-order valence-corrected chi connectivity index (χ4v) is 1.95. The van der Waals surface area contributed by atoms with Gasteiger partial charge in [0.25, 0.3) is 0 Å². The van der Waals surface area contributed by atoms with E-state index in [1.807, 2.05) is 17.0 Å². The van der Waals surface area contributed by atoms with Gasteiger partial charge < -0.3 is 5.11 Å². The third-order valence-electron chi connectivity index (χ3n) is 2.96. The molecule has 0 unspecified atom stereocenters. The van der Waals surface area contributed by atoms with Crippen LogP contribution in [0.1, 0.15) is 24.1 Å². The van der Waals surface area contributed by atoms with Gasteiger partial charge in [-0.15, -0.1) is 0 Å². The number of nitriles is 1. The van der Waals surface area contributed by atoms with Crippen LogP contribution in [0, 0.1) is 17.2 Å². The number of carboxylic acid groups (broad SMARTS) is 1. The van der Waals surface area contributed by atoms with Crippen molar-refractivity contribution in [2.24, 2.45) is 5.92 Å². The van der Waals surface area contributed by atoms with E-state index >= 15 is 0 Å². The topological polar surface area (TPSA) is 77.2 Å². The lowest BCUT2D eigenvalue weighted by atomic mass is 10.2. The molecule has 1 aliphatic rings. The number of carboxylic acids is 1. The summed E-state index contributed by atoms with van der Waals surface area (Å²) >= 11 is 0. The molecule has 1 N–H and O–H groups in total. The van der Waals surface area contributed by atoms with E-state index in [2.05, 4.69) is 4.98 Å². The van der Waals surface area contributed by atoms with Crippen LogP contribution >= 0.6 is 0 Å². The number of hydrogen-bond donors (Lipinski definition) is 1. The first-order valence-electron chi connectivity index (χ1n) is 5.97. The zero-order valence-corrected chi connectivity index (χ0v) is 10.0. The molecule has 18 heavy (non-hydrogen) atoms. The first kappa shape index (κ1) is 12.5. The summed E-state index contributed by atoms with van der Waals surface area (Å²) in [7, 11) is 0. The summed E-state index contributed by atoms with van der Waals surface area (Å²) in [6.07, 6.45) is 3.92. The highest BCUT2D eigenvalue weighted by atomic mass is 16.4. The quantitative estimate of drug-likeness (QED) is 0.816. The van der Waals surface area contributed by atoms with E-state index in [0.717, 1.165) is 12.1 Å². The van der Waals surface area contributed by atoms with E-state index in [1.165, 1.54) is 12.8 Å². The molecule has 1 aromatic heterocycles. The Bertz CT molecular complexity index is 477. The number of aromatic nitrogens is 1. The Morgan fingerprint density at radius 1 is 1.61 bits per heavy atom. The Kier molecular flexibility index (Phi) is 3.90. The van der Waals surface area contributed by atoms with Crippen molar-refractivity contribution in [1.29, 1.82) is 5.26 Å². The molecule has 1 saturated carbocycles. The normalized spacial score (nSPS) is 14.4. The molecule has 1 aromatic rings. The first-order valence-corrected chi connectivity index (χ1v) is 5.97. The minimum atomic E-state index is -0.835. The van der Waals surface area contributed by atoms with Crippen LogP contribution in [0.2, 0.25) is 0 Å². The van der Waals surface area contributed by atoms with Crippen LogP contribution in [0.25, 0.3) is 0 Å². The molecule has 0 aromatic carbocycles. The summed E-state index contributed by atoms with van der Waals surface area (Å²) in [5.74, 6) is -0.218. The monoisotopic (exact) mass is 245 g/mol. The summed E-state index contributed by atoms with van der Waals surface area (Å²) < 4.78 is 0. The van der Waals surface area contributed by atoms with Crippen LogP contribution in [-0.2, 0) is 11.3 Å². The van der Waals surface area contributed by atoms with Crippen LogP contribution < -0.4 is 0 Å². The molecular formula is C13H15N3O2. The van der Waals surface area contributed by atoms with Gasteiger partial charge in [0.15, 0.2) is 0 Å². The van der Waals surface area contributed by atoms with Gasteiger partial charge in [0.1, 0.15) is 11.8 Å². The second-order valence-corrected chi connectivity index (χ2v) is 4.63. The smallest absolute Gasteiger partial charge is 0.317 e. The molecule has 0 aliphatic heterocycles. The third kappa shape index (κ3) is 3.54. The van der Waals surface area contributed by atoms with Crippen LogP contribution in [0.3, 0.4) is 0 Å². The van der Waals surface area contributed by atoms with Crippen molar-refractivity contribution in [2.75, 3.05) is 13.1 Å². The molecule has 0 spiro atoms. The van der Waals surface area contributed by atoms with Crippen LogP contribution in [-0.4, -0.2) is 34.0 Å². The van der Waals surface area contributed by atoms with E-state index < -0.39 is 5.97 Å². The first-order chi connectivity index (χ1) is 8.69. The summed E-state index contributed by atoms with van der Waals surface area (Å²) in [6.45, 7) is 1.27. The van der Waals surface area contributed by atoms with E-state index in [1.54, 1.807) is 12.3 Å². The summed E-state index contributed by atoms with van der Waals surface area (Å²) in [5.41, 5.74) is 1.17. The highest BCUT2D eigenvalue weighted by Gasteiger charge is 2.25. The lowest BCUT2D eigenvalue weighted by Gasteiger charge is -2.20. The Hall–Kier alpha value is -1.93. The number of nitrogens with zero attached hydrogens (tertiary/aromatic N) is 3. The molecular weight excluding hydrogens is 230 g/mol. The van der Waals surface area contributed by atoms with Gasteiger partial charge in [-0.25, -0.2) is 4.98 Å². The average Bonchev–Trinajstić information content (AvgIpc) is 3.12. The van der Waals surface area contributed by atoms with Crippen molar-refractivity contribution < 1.29 is 9.90 Å². The molecule has 0 atom stereocenters.